The molecule has 1 aliphatic rings. The summed E-state index contributed by atoms with van der Waals surface area (Å²) in [6, 6.07) is 11.0. The fourth-order valence-corrected chi connectivity index (χ4v) is 2.66. The minimum absolute atomic E-state index is 0.118. The number of amides is 3. The molecule has 1 heterocycles. The summed E-state index contributed by atoms with van der Waals surface area (Å²) >= 11 is 0. The monoisotopic (exact) mass is 343 g/mol. The Morgan fingerprint density at radius 3 is 2.48 bits per heavy atom. The van der Waals surface area contributed by atoms with Gasteiger partial charge in [0.05, 0.1) is 11.6 Å². The molecule has 5 nitrogen and oxygen atoms in total. The highest BCUT2D eigenvalue weighted by molar-refractivity contribution is 6.06. The van der Waals surface area contributed by atoms with Crippen molar-refractivity contribution in [3.05, 3.63) is 77.0 Å². The van der Waals surface area contributed by atoms with Gasteiger partial charge in [-0.15, -0.1) is 0 Å². The summed E-state index contributed by atoms with van der Waals surface area (Å²) in [6.45, 7) is 1.61. The zero-order valence-corrected chi connectivity index (χ0v) is 13.3. The van der Waals surface area contributed by atoms with Crippen LogP contribution in [0.5, 0.6) is 0 Å². The molecule has 3 N–H and O–H groups in total. The molecule has 25 heavy (non-hydrogen) atoms. The lowest BCUT2D eigenvalue weighted by Gasteiger charge is -2.28. The van der Waals surface area contributed by atoms with Crippen LogP contribution in [0.25, 0.3) is 0 Å². The van der Waals surface area contributed by atoms with Gasteiger partial charge in [0.1, 0.15) is 0 Å². The molecular weight excluding hydrogens is 328 g/mol. The first-order chi connectivity index (χ1) is 12.0. The van der Waals surface area contributed by atoms with Crippen LogP contribution < -0.4 is 16.0 Å². The fourth-order valence-electron chi connectivity index (χ4n) is 2.66. The standard InChI is InChI=1S/C18H15F2N3O2/c1-10-15(17(24)22-12-7-8-13(19)14(20)9-12)16(23-18(25)21-10)11-5-3-2-4-6-11/h2-9,16H,1H3,(H,22,24)(H2,21,23,25)/t16-/m1/s1. The Kier molecular flexibility index (Phi) is 4.47. The van der Waals surface area contributed by atoms with Crippen LogP contribution in [0.2, 0.25) is 0 Å². The molecule has 0 bridgehead atoms. The molecule has 0 saturated heterocycles. The Bertz CT molecular complexity index is 866. The Morgan fingerprint density at radius 2 is 1.80 bits per heavy atom. The normalized spacial score (nSPS) is 16.9. The van der Waals surface area contributed by atoms with Crippen molar-refractivity contribution in [1.82, 2.24) is 10.6 Å². The molecular formula is C18H15F2N3O2. The van der Waals surface area contributed by atoms with Crippen LogP contribution >= 0.6 is 0 Å². The van der Waals surface area contributed by atoms with E-state index in [1.54, 1.807) is 31.2 Å². The Morgan fingerprint density at radius 1 is 1.08 bits per heavy atom. The quantitative estimate of drug-likeness (QED) is 0.801. The first-order valence-electron chi connectivity index (χ1n) is 7.55. The van der Waals surface area contributed by atoms with E-state index in [2.05, 4.69) is 16.0 Å². The molecule has 3 amide bonds. The van der Waals surface area contributed by atoms with Crippen LogP contribution in [0, 0.1) is 11.6 Å². The largest absolute Gasteiger partial charge is 0.327 e. The summed E-state index contributed by atoms with van der Waals surface area (Å²) in [5, 5.41) is 7.78. The number of urea groups is 1. The predicted molar refractivity (Wildman–Crippen MR) is 88.5 cm³/mol. The second-order valence-electron chi connectivity index (χ2n) is 5.56. The average molecular weight is 343 g/mol. The molecule has 0 aliphatic carbocycles. The van der Waals surface area contributed by atoms with Gasteiger partial charge in [-0.1, -0.05) is 30.3 Å². The number of nitrogens with one attached hydrogen (secondary N) is 3. The van der Waals surface area contributed by atoms with Crippen molar-refractivity contribution in [2.24, 2.45) is 0 Å². The van der Waals surface area contributed by atoms with Crippen molar-refractivity contribution in [2.75, 3.05) is 5.32 Å². The number of rotatable bonds is 3. The van der Waals surface area contributed by atoms with Crippen LogP contribution in [-0.4, -0.2) is 11.9 Å². The van der Waals surface area contributed by atoms with E-state index >= 15 is 0 Å². The van der Waals surface area contributed by atoms with E-state index in [1.807, 2.05) is 6.07 Å². The molecule has 1 aliphatic heterocycles. The second-order valence-corrected chi connectivity index (χ2v) is 5.56. The highest BCUT2D eigenvalue weighted by Crippen LogP contribution is 2.27. The van der Waals surface area contributed by atoms with Gasteiger partial charge in [-0.2, -0.15) is 0 Å². The van der Waals surface area contributed by atoms with Gasteiger partial charge in [0.25, 0.3) is 5.91 Å². The number of anilines is 1. The first-order valence-corrected chi connectivity index (χ1v) is 7.55. The number of hydrogen-bond donors (Lipinski definition) is 3. The minimum Gasteiger partial charge on any atom is -0.327 e. The van der Waals surface area contributed by atoms with Gasteiger partial charge >= 0.3 is 6.03 Å². The van der Waals surface area contributed by atoms with Gasteiger partial charge in [0, 0.05) is 17.5 Å². The zero-order chi connectivity index (χ0) is 18.0. The highest BCUT2D eigenvalue weighted by Gasteiger charge is 2.31. The zero-order valence-electron chi connectivity index (χ0n) is 13.3. The molecule has 1 atom stereocenters. The maximum Gasteiger partial charge on any atom is 0.319 e. The summed E-state index contributed by atoms with van der Waals surface area (Å²) in [4.78, 5) is 24.5. The SMILES string of the molecule is CC1=C(C(=O)Nc2ccc(F)c(F)c2)[C@@H](c2ccccc2)NC(=O)N1. The number of carbonyl (C=O) groups excluding carboxylic acids is 2. The summed E-state index contributed by atoms with van der Waals surface area (Å²) in [6.07, 6.45) is 0. The van der Waals surface area contributed by atoms with Crippen molar-refractivity contribution in [3.8, 4) is 0 Å². The van der Waals surface area contributed by atoms with Crippen LogP contribution in [0.3, 0.4) is 0 Å². The number of allylic oxidation sites excluding steroid dienone is 1. The lowest BCUT2D eigenvalue weighted by Crippen LogP contribution is -2.45. The number of hydrogen-bond acceptors (Lipinski definition) is 2. The molecule has 128 valence electrons. The molecule has 0 radical (unpaired) electrons. The Labute approximate surface area is 142 Å². The number of halogens is 2. The summed E-state index contributed by atoms with van der Waals surface area (Å²) in [7, 11) is 0. The van der Waals surface area contributed by atoms with Gasteiger partial charge in [-0.25, -0.2) is 13.6 Å². The smallest absolute Gasteiger partial charge is 0.319 e. The van der Waals surface area contributed by atoms with E-state index in [1.165, 1.54) is 6.07 Å². The maximum atomic E-state index is 13.3. The van der Waals surface area contributed by atoms with Crippen LogP contribution in [0.15, 0.2) is 59.8 Å². The fraction of sp³-hybridized carbons (Fsp3) is 0.111. The Hall–Kier alpha value is -3.22. The molecule has 3 rings (SSSR count). The van der Waals surface area contributed by atoms with Crippen LogP contribution in [0.1, 0.15) is 18.5 Å². The van der Waals surface area contributed by atoms with Crippen LogP contribution in [-0.2, 0) is 4.79 Å². The van der Waals surface area contributed by atoms with Crippen molar-refractivity contribution >= 4 is 17.6 Å². The Balaban J connectivity index is 1.93. The lowest BCUT2D eigenvalue weighted by molar-refractivity contribution is -0.113. The number of benzene rings is 2. The number of carbonyl (C=O) groups is 2. The van der Waals surface area contributed by atoms with Crippen molar-refractivity contribution in [3.63, 3.8) is 0 Å². The van der Waals surface area contributed by atoms with E-state index in [-0.39, 0.29) is 11.3 Å². The summed E-state index contributed by atoms with van der Waals surface area (Å²) in [5.74, 6) is -2.58. The second kappa shape index (κ2) is 6.72. The summed E-state index contributed by atoms with van der Waals surface area (Å²) in [5.41, 5.74) is 1.52. The van der Waals surface area contributed by atoms with Gasteiger partial charge in [-0.05, 0) is 24.6 Å². The van der Waals surface area contributed by atoms with Gasteiger partial charge in [0.15, 0.2) is 11.6 Å². The van der Waals surface area contributed by atoms with Gasteiger partial charge in [0.2, 0.25) is 0 Å². The van der Waals surface area contributed by atoms with E-state index in [4.69, 9.17) is 0 Å². The van der Waals surface area contributed by atoms with Crippen LogP contribution in [0.4, 0.5) is 19.3 Å². The maximum absolute atomic E-state index is 13.3. The third-order valence-corrected chi connectivity index (χ3v) is 3.82. The van der Waals surface area contributed by atoms with Crippen molar-refractivity contribution in [2.45, 2.75) is 13.0 Å². The van der Waals surface area contributed by atoms with Gasteiger partial charge in [-0.3, -0.25) is 4.79 Å². The third-order valence-electron chi connectivity index (χ3n) is 3.82. The summed E-state index contributed by atoms with van der Waals surface area (Å²) < 4.78 is 26.4. The first kappa shape index (κ1) is 16.6. The molecule has 7 heteroatoms. The lowest BCUT2D eigenvalue weighted by atomic mass is 9.95. The molecule has 2 aromatic carbocycles. The van der Waals surface area contributed by atoms with Gasteiger partial charge < -0.3 is 16.0 Å². The highest BCUT2D eigenvalue weighted by atomic mass is 19.2. The molecule has 0 spiro atoms. The predicted octanol–water partition coefficient (Wildman–Crippen LogP) is 3.23. The molecule has 0 unspecified atom stereocenters. The van der Waals surface area contributed by atoms with E-state index in [0.717, 1.165) is 17.7 Å². The third kappa shape index (κ3) is 3.50. The minimum atomic E-state index is -1.06. The van der Waals surface area contributed by atoms with E-state index in [0.29, 0.717) is 5.70 Å². The van der Waals surface area contributed by atoms with E-state index < -0.39 is 29.6 Å². The average Bonchev–Trinajstić information content (AvgIpc) is 2.58. The molecule has 0 aromatic heterocycles. The van der Waals surface area contributed by atoms with Crippen molar-refractivity contribution in [1.29, 1.82) is 0 Å². The van der Waals surface area contributed by atoms with Crippen molar-refractivity contribution < 1.29 is 18.4 Å². The molecule has 0 fully saturated rings. The molecule has 0 saturated carbocycles. The van der Waals surface area contributed by atoms with E-state index in [9.17, 15) is 18.4 Å². The topological polar surface area (TPSA) is 70.2 Å². The molecule has 2 aromatic rings.